The van der Waals surface area contributed by atoms with E-state index in [0.717, 1.165) is 17.0 Å². The zero-order chi connectivity index (χ0) is 21.3. The SMILES string of the molecule is C/C=C\c1[nH]c(Cn2c(=O)c3c(nc(CC(=O)OCC)n3C)n(C)c2=O)cc1C. The number of aromatic nitrogens is 5. The van der Waals surface area contributed by atoms with Gasteiger partial charge in [0, 0.05) is 25.5 Å². The largest absolute Gasteiger partial charge is 0.466 e. The summed E-state index contributed by atoms with van der Waals surface area (Å²) in [7, 11) is 3.22. The van der Waals surface area contributed by atoms with E-state index in [2.05, 4.69) is 9.97 Å². The van der Waals surface area contributed by atoms with E-state index >= 15 is 0 Å². The van der Waals surface area contributed by atoms with Crippen LogP contribution in [0.15, 0.2) is 21.7 Å². The summed E-state index contributed by atoms with van der Waals surface area (Å²) >= 11 is 0. The summed E-state index contributed by atoms with van der Waals surface area (Å²) in [6, 6.07) is 1.92. The normalized spacial score (nSPS) is 11.6. The molecule has 29 heavy (non-hydrogen) atoms. The Hall–Kier alpha value is -3.36. The molecule has 0 aliphatic carbocycles. The van der Waals surface area contributed by atoms with Crippen molar-refractivity contribution in [3.05, 3.63) is 55.8 Å². The minimum Gasteiger partial charge on any atom is -0.466 e. The first-order chi connectivity index (χ1) is 13.8. The summed E-state index contributed by atoms with van der Waals surface area (Å²) in [6.45, 7) is 5.98. The molecule has 0 unspecified atom stereocenters. The molecule has 0 saturated heterocycles. The summed E-state index contributed by atoms with van der Waals surface area (Å²) in [5.74, 6) is -0.0658. The second-order valence-electron chi connectivity index (χ2n) is 6.87. The zero-order valence-electron chi connectivity index (χ0n) is 17.3. The lowest BCUT2D eigenvalue weighted by atomic mass is 10.2. The molecule has 0 amide bonds. The number of rotatable bonds is 6. The molecule has 0 bridgehead atoms. The fraction of sp³-hybridized carbons (Fsp3) is 0.400. The van der Waals surface area contributed by atoms with Crippen molar-refractivity contribution in [2.24, 2.45) is 14.1 Å². The van der Waals surface area contributed by atoms with Gasteiger partial charge in [0.2, 0.25) is 0 Å². The van der Waals surface area contributed by atoms with Crippen molar-refractivity contribution in [1.29, 1.82) is 0 Å². The Morgan fingerprint density at radius 3 is 2.66 bits per heavy atom. The molecule has 0 atom stereocenters. The van der Waals surface area contributed by atoms with Gasteiger partial charge >= 0.3 is 11.7 Å². The van der Waals surface area contributed by atoms with Gasteiger partial charge in [0.15, 0.2) is 11.2 Å². The van der Waals surface area contributed by atoms with Crippen LogP contribution in [-0.4, -0.2) is 36.2 Å². The molecule has 0 radical (unpaired) electrons. The lowest BCUT2D eigenvalue weighted by Gasteiger charge is -2.08. The van der Waals surface area contributed by atoms with E-state index in [1.54, 1.807) is 25.6 Å². The fourth-order valence-electron chi connectivity index (χ4n) is 3.37. The third kappa shape index (κ3) is 3.67. The molecule has 0 saturated carbocycles. The van der Waals surface area contributed by atoms with Crippen LogP contribution in [0.3, 0.4) is 0 Å². The molecule has 1 N–H and O–H groups in total. The van der Waals surface area contributed by atoms with Crippen molar-refractivity contribution >= 4 is 23.2 Å². The number of H-pyrrole nitrogens is 1. The number of carbonyl (C=O) groups excluding carboxylic acids is 1. The number of carbonyl (C=O) groups is 1. The van der Waals surface area contributed by atoms with Gasteiger partial charge in [0.1, 0.15) is 12.2 Å². The second-order valence-corrected chi connectivity index (χ2v) is 6.87. The number of hydrogen-bond acceptors (Lipinski definition) is 5. The highest BCUT2D eigenvalue weighted by Gasteiger charge is 2.20. The maximum absolute atomic E-state index is 13.1. The van der Waals surface area contributed by atoms with E-state index in [4.69, 9.17) is 4.74 Å². The van der Waals surface area contributed by atoms with Crippen LogP contribution in [0, 0.1) is 6.92 Å². The van der Waals surface area contributed by atoms with Gasteiger partial charge in [-0.05, 0) is 38.5 Å². The molecule has 0 spiro atoms. The number of aromatic amines is 1. The van der Waals surface area contributed by atoms with E-state index in [1.807, 2.05) is 32.1 Å². The monoisotopic (exact) mass is 399 g/mol. The number of imidazole rings is 1. The Bertz CT molecular complexity index is 1220. The summed E-state index contributed by atoms with van der Waals surface area (Å²) in [6.07, 6.45) is 3.78. The molecule has 3 aromatic rings. The first-order valence-corrected chi connectivity index (χ1v) is 9.40. The van der Waals surface area contributed by atoms with E-state index in [9.17, 15) is 14.4 Å². The van der Waals surface area contributed by atoms with Crippen LogP contribution in [0.4, 0.5) is 0 Å². The topological polar surface area (TPSA) is 104 Å². The molecule has 0 aliphatic heterocycles. The molecule has 0 fully saturated rings. The van der Waals surface area contributed by atoms with Gasteiger partial charge < -0.3 is 14.3 Å². The van der Waals surface area contributed by atoms with Crippen molar-refractivity contribution in [3.63, 3.8) is 0 Å². The Balaban J connectivity index is 2.11. The van der Waals surface area contributed by atoms with Gasteiger partial charge in [0.25, 0.3) is 5.56 Å². The summed E-state index contributed by atoms with van der Waals surface area (Å²) in [5.41, 5.74) is 2.31. The molecule has 154 valence electrons. The highest BCUT2D eigenvalue weighted by atomic mass is 16.5. The maximum Gasteiger partial charge on any atom is 0.332 e. The molecule has 9 heteroatoms. The number of allylic oxidation sites excluding steroid dienone is 1. The summed E-state index contributed by atoms with van der Waals surface area (Å²) in [4.78, 5) is 45.4. The molecular formula is C20H25N5O4. The summed E-state index contributed by atoms with van der Waals surface area (Å²) in [5, 5.41) is 0. The van der Waals surface area contributed by atoms with Gasteiger partial charge in [-0.1, -0.05) is 6.08 Å². The van der Waals surface area contributed by atoms with Crippen molar-refractivity contribution in [2.45, 2.75) is 33.7 Å². The molecule has 3 rings (SSSR count). The number of esters is 1. The molecule has 0 aliphatic rings. The minimum absolute atomic E-state index is 0.0742. The number of ether oxygens (including phenoxy) is 1. The van der Waals surface area contributed by atoms with Gasteiger partial charge in [-0.3, -0.25) is 18.7 Å². The Morgan fingerprint density at radius 1 is 1.28 bits per heavy atom. The van der Waals surface area contributed by atoms with Crippen LogP contribution in [0.5, 0.6) is 0 Å². The Kier molecular flexibility index (Phi) is 5.58. The lowest BCUT2D eigenvalue weighted by molar-refractivity contribution is -0.142. The smallest absolute Gasteiger partial charge is 0.332 e. The first-order valence-electron chi connectivity index (χ1n) is 9.40. The Labute approximate surface area is 167 Å². The van der Waals surface area contributed by atoms with Crippen LogP contribution >= 0.6 is 0 Å². The van der Waals surface area contributed by atoms with Crippen molar-refractivity contribution in [2.75, 3.05) is 6.61 Å². The number of hydrogen-bond donors (Lipinski definition) is 1. The van der Waals surface area contributed by atoms with E-state index < -0.39 is 17.2 Å². The number of nitrogens with zero attached hydrogens (tertiary/aromatic N) is 4. The first kappa shape index (κ1) is 20.4. The van der Waals surface area contributed by atoms with Crippen LogP contribution in [0.1, 0.15) is 36.6 Å². The predicted molar refractivity (Wildman–Crippen MR) is 110 cm³/mol. The van der Waals surface area contributed by atoms with Crippen molar-refractivity contribution < 1.29 is 9.53 Å². The van der Waals surface area contributed by atoms with Crippen molar-refractivity contribution in [1.82, 2.24) is 23.7 Å². The van der Waals surface area contributed by atoms with Crippen LogP contribution in [0.25, 0.3) is 17.2 Å². The Morgan fingerprint density at radius 2 is 2.00 bits per heavy atom. The third-order valence-corrected chi connectivity index (χ3v) is 4.83. The predicted octanol–water partition coefficient (Wildman–Crippen LogP) is 1.26. The fourth-order valence-corrected chi connectivity index (χ4v) is 3.37. The van der Waals surface area contributed by atoms with Gasteiger partial charge in [-0.25, -0.2) is 9.78 Å². The minimum atomic E-state index is -0.469. The number of fused-ring (bicyclic) bond motifs is 1. The maximum atomic E-state index is 13.1. The van der Waals surface area contributed by atoms with Crippen molar-refractivity contribution in [3.8, 4) is 0 Å². The quantitative estimate of drug-likeness (QED) is 0.629. The van der Waals surface area contributed by atoms with Gasteiger partial charge in [-0.2, -0.15) is 0 Å². The highest BCUT2D eigenvalue weighted by Crippen LogP contribution is 2.13. The number of aryl methyl sites for hydroxylation is 3. The van der Waals surface area contributed by atoms with E-state index in [0.29, 0.717) is 5.82 Å². The summed E-state index contributed by atoms with van der Waals surface area (Å²) < 4.78 is 9.01. The van der Waals surface area contributed by atoms with Gasteiger partial charge in [-0.15, -0.1) is 0 Å². The highest BCUT2D eigenvalue weighted by molar-refractivity contribution is 5.75. The molecule has 9 nitrogen and oxygen atoms in total. The number of nitrogens with one attached hydrogen (secondary N) is 1. The average Bonchev–Trinajstić information content (AvgIpc) is 3.18. The molecular weight excluding hydrogens is 374 g/mol. The third-order valence-electron chi connectivity index (χ3n) is 4.83. The average molecular weight is 399 g/mol. The molecule has 0 aromatic carbocycles. The van der Waals surface area contributed by atoms with Crippen LogP contribution in [-0.2, 0) is 36.6 Å². The van der Waals surface area contributed by atoms with Gasteiger partial charge in [0.05, 0.1) is 13.2 Å². The second kappa shape index (κ2) is 7.94. The molecule has 3 heterocycles. The standard InChI is InChI=1S/C20H25N5O4/c1-6-8-14-12(3)9-13(21-14)11-25-19(27)17-18(24(5)20(25)28)22-15(23(17)4)10-16(26)29-7-2/h6,8-9,21H,7,10-11H2,1-5H3/b8-6-. The van der Waals surface area contributed by atoms with Crippen LogP contribution < -0.4 is 11.2 Å². The van der Waals surface area contributed by atoms with Crippen LogP contribution in [0.2, 0.25) is 0 Å². The van der Waals surface area contributed by atoms with E-state index in [1.165, 1.54) is 9.13 Å². The lowest BCUT2D eigenvalue weighted by Crippen LogP contribution is -2.39. The zero-order valence-corrected chi connectivity index (χ0v) is 17.3. The molecule has 3 aromatic heterocycles. The van der Waals surface area contributed by atoms with E-state index in [-0.39, 0.29) is 30.7 Å².